The Morgan fingerprint density at radius 3 is 2.71 bits per heavy atom. The van der Waals surface area contributed by atoms with Gasteiger partial charge in [-0.25, -0.2) is 18.7 Å². The average Bonchev–Trinajstić information content (AvgIpc) is 2.96. The molecule has 0 saturated carbocycles. The summed E-state index contributed by atoms with van der Waals surface area (Å²) in [4.78, 5) is 33.2. The Kier molecular flexibility index (Phi) is 4.45. The summed E-state index contributed by atoms with van der Waals surface area (Å²) in [5, 5.41) is 2.55. The number of carbonyl (C=O) groups is 2. The third-order valence-electron chi connectivity index (χ3n) is 3.72. The van der Waals surface area contributed by atoms with Gasteiger partial charge in [0.2, 0.25) is 5.91 Å². The number of carbonyl (C=O) groups excluding carboxylic acids is 2. The number of aromatic nitrogens is 2. The van der Waals surface area contributed by atoms with E-state index in [0.29, 0.717) is 13.0 Å². The number of nitrogens with one attached hydrogen (secondary N) is 1. The molecular weight excluding hydrogens is 318 g/mol. The summed E-state index contributed by atoms with van der Waals surface area (Å²) in [5.74, 6) is -0.912. The van der Waals surface area contributed by atoms with Crippen LogP contribution in [0.2, 0.25) is 0 Å². The Balaban J connectivity index is 1.69. The lowest BCUT2D eigenvalue weighted by atomic mass is 10.2. The van der Waals surface area contributed by atoms with Crippen LogP contribution in [0.5, 0.6) is 0 Å². The van der Waals surface area contributed by atoms with Gasteiger partial charge in [-0.05, 0) is 24.6 Å². The van der Waals surface area contributed by atoms with E-state index in [9.17, 15) is 18.4 Å². The molecule has 1 aliphatic rings. The Bertz CT molecular complexity index is 755. The smallest absolute Gasteiger partial charge is 0.280 e. The quantitative estimate of drug-likeness (QED) is 0.928. The summed E-state index contributed by atoms with van der Waals surface area (Å²) in [6, 6.07) is 9.32. The van der Waals surface area contributed by atoms with Crippen molar-refractivity contribution in [2.75, 3.05) is 11.4 Å². The molecule has 0 bridgehead atoms. The van der Waals surface area contributed by atoms with E-state index in [1.807, 2.05) is 18.2 Å². The molecule has 1 N–H and O–H groups in total. The number of benzene rings is 1. The summed E-state index contributed by atoms with van der Waals surface area (Å²) in [6.07, 6.45) is -1.45. The number of anilines is 1. The van der Waals surface area contributed by atoms with Gasteiger partial charge in [0.05, 0.1) is 0 Å². The zero-order chi connectivity index (χ0) is 17.1. The van der Waals surface area contributed by atoms with Crippen molar-refractivity contribution in [2.24, 2.45) is 0 Å². The van der Waals surface area contributed by atoms with Gasteiger partial charge in [-0.2, -0.15) is 0 Å². The van der Waals surface area contributed by atoms with Gasteiger partial charge < -0.3 is 10.2 Å². The van der Waals surface area contributed by atoms with E-state index >= 15 is 0 Å². The number of hydrogen-bond acceptors (Lipinski definition) is 4. The first-order valence-electron chi connectivity index (χ1n) is 7.33. The Morgan fingerprint density at radius 1 is 1.25 bits per heavy atom. The molecule has 1 fully saturated rings. The van der Waals surface area contributed by atoms with Crippen molar-refractivity contribution < 1.29 is 18.4 Å². The van der Waals surface area contributed by atoms with E-state index < -0.39 is 24.1 Å². The summed E-state index contributed by atoms with van der Waals surface area (Å²) in [6.45, 7) is 0.472. The first-order valence-corrected chi connectivity index (χ1v) is 7.33. The number of nitrogens with zero attached hydrogens (tertiary/aromatic N) is 3. The number of rotatable bonds is 4. The van der Waals surface area contributed by atoms with E-state index in [0.717, 1.165) is 18.1 Å². The lowest BCUT2D eigenvalue weighted by Gasteiger charge is -2.17. The van der Waals surface area contributed by atoms with Crippen molar-refractivity contribution in [3.8, 4) is 0 Å². The third kappa shape index (κ3) is 3.22. The van der Waals surface area contributed by atoms with Crippen LogP contribution in [0.4, 0.5) is 14.5 Å². The van der Waals surface area contributed by atoms with Gasteiger partial charge in [0.15, 0.2) is 0 Å². The maximum Gasteiger partial charge on any atom is 0.280 e. The number of alkyl halides is 2. The molecule has 1 saturated heterocycles. The fourth-order valence-corrected chi connectivity index (χ4v) is 2.53. The van der Waals surface area contributed by atoms with Crippen LogP contribution in [0.1, 0.15) is 29.0 Å². The minimum Gasteiger partial charge on any atom is -0.339 e. The molecule has 124 valence electrons. The highest BCUT2D eigenvalue weighted by Crippen LogP contribution is 2.21. The van der Waals surface area contributed by atoms with Crippen molar-refractivity contribution in [3.05, 3.63) is 54.1 Å². The highest BCUT2D eigenvalue weighted by atomic mass is 19.3. The maximum absolute atomic E-state index is 12.6. The second-order valence-corrected chi connectivity index (χ2v) is 5.27. The normalized spacial score (nSPS) is 17.4. The summed E-state index contributed by atoms with van der Waals surface area (Å²) in [5.41, 5.74) is 0.0337. The van der Waals surface area contributed by atoms with E-state index in [-0.39, 0.29) is 11.6 Å². The number of halogens is 2. The summed E-state index contributed by atoms with van der Waals surface area (Å²) < 4.78 is 25.3. The summed E-state index contributed by atoms with van der Waals surface area (Å²) >= 11 is 0. The molecule has 1 unspecified atom stereocenters. The molecule has 0 spiro atoms. The fraction of sp³-hybridized carbons (Fsp3) is 0.250. The number of amides is 2. The molecule has 2 aromatic rings. The van der Waals surface area contributed by atoms with E-state index in [1.165, 1.54) is 0 Å². The zero-order valence-electron chi connectivity index (χ0n) is 12.5. The van der Waals surface area contributed by atoms with Crippen LogP contribution < -0.4 is 10.2 Å². The van der Waals surface area contributed by atoms with Crippen LogP contribution in [0, 0.1) is 0 Å². The second-order valence-electron chi connectivity index (χ2n) is 5.27. The molecule has 1 atom stereocenters. The van der Waals surface area contributed by atoms with Gasteiger partial charge in [-0.1, -0.05) is 18.2 Å². The molecule has 6 nitrogen and oxygen atoms in total. The van der Waals surface area contributed by atoms with Crippen molar-refractivity contribution in [2.45, 2.75) is 18.9 Å². The second kappa shape index (κ2) is 6.69. The van der Waals surface area contributed by atoms with E-state index in [1.54, 1.807) is 17.0 Å². The Hall–Kier alpha value is -2.90. The molecule has 0 aliphatic carbocycles. The SMILES string of the molecule is O=C(NC1CCN(c2ccccc2)C1=O)c1cc(C(F)F)ncn1. The average molecular weight is 332 g/mol. The molecule has 0 radical (unpaired) electrons. The highest BCUT2D eigenvalue weighted by Gasteiger charge is 2.34. The third-order valence-corrected chi connectivity index (χ3v) is 3.72. The molecule has 3 rings (SSSR count). The summed E-state index contributed by atoms with van der Waals surface area (Å²) in [7, 11) is 0. The van der Waals surface area contributed by atoms with Crippen LogP contribution in [0.25, 0.3) is 0 Å². The van der Waals surface area contributed by atoms with Gasteiger partial charge in [-0.15, -0.1) is 0 Å². The van der Waals surface area contributed by atoms with Crippen LogP contribution in [-0.4, -0.2) is 34.4 Å². The highest BCUT2D eigenvalue weighted by molar-refractivity contribution is 6.03. The molecule has 1 aromatic carbocycles. The largest absolute Gasteiger partial charge is 0.339 e. The molecule has 24 heavy (non-hydrogen) atoms. The lowest BCUT2D eigenvalue weighted by Crippen LogP contribution is -2.41. The van der Waals surface area contributed by atoms with Gasteiger partial charge in [0.1, 0.15) is 23.8 Å². The first-order chi connectivity index (χ1) is 11.6. The van der Waals surface area contributed by atoms with E-state index in [2.05, 4.69) is 15.3 Å². The maximum atomic E-state index is 12.6. The molecule has 2 heterocycles. The van der Waals surface area contributed by atoms with Crippen LogP contribution in [0.15, 0.2) is 42.7 Å². The topological polar surface area (TPSA) is 75.2 Å². The molecule has 1 aliphatic heterocycles. The van der Waals surface area contributed by atoms with E-state index in [4.69, 9.17) is 0 Å². The number of para-hydroxylation sites is 1. The Labute approximate surface area is 136 Å². The van der Waals surface area contributed by atoms with Gasteiger partial charge in [-0.3, -0.25) is 9.59 Å². The van der Waals surface area contributed by atoms with Gasteiger partial charge >= 0.3 is 0 Å². The molecular formula is C16H14F2N4O2. The van der Waals surface area contributed by atoms with Gasteiger partial charge in [0, 0.05) is 12.2 Å². The van der Waals surface area contributed by atoms with Crippen molar-refractivity contribution in [1.82, 2.24) is 15.3 Å². The predicted octanol–water partition coefficient (Wildman–Crippen LogP) is 1.95. The first kappa shape index (κ1) is 16.0. The van der Waals surface area contributed by atoms with Gasteiger partial charge in [0.25, 0.3) is 12.3 Å². The fourth-order valence-electron chi connectivity index (χ4n) is 2.53. The standard InChI is InChI=1S/C16H14F2N4O2/c17-14(18)12-8-13(20-9-19-12)15(23)21-11-6-7-22(16(11)24)10-4-2-1-3-5-10/h1-5,8-9,11,14H,6-7H2,(H,21,23). The monoisotopic (exact) mass is 332 g/mol. The van der Waals surface area contributed by atoms with Crippen molar-refractivity contribution >= 4 is 17.5 Å². The minimum atomic E-state index is -2.79. The zero-order valence-corrected chi connectivity index (χ0v) is 12.5. The van der Waals surface area contributed by atoms with Crippen molar-refractivity contribution in [3.63, 3.8) is 0 Å². The van der Waals surface area contributed by atoms with Crippen LogP contribution in [-0.2, 0) is 4.79 Å². The van der Waals surface area contributed by atoms with Crippen molar-refractivity contribution in [1.29, 1.82) is 0 Å². The lowest BCUT2D eigenvalue weighted by molar-refractivity contribution is -0.118. The minimum absolute atomic E-state index is 0.189. The predicted molar refractivity (Wildman–Crippen MR) is 81.7 cm³/mol. The Morgan fingerprint density at radius 2 is 2.00 bits per heavy atom. The molecule has 8 heteroatoms. The molecule has 2 amide bonds. The molecule has 1 aromatic heterocycles. The van der Waals surface area contributed by atoms with Crippen LogP contribution in [0.3, 0.4) is 0 Å². The van der Waals surface area contributed by atoms with Crippen LogP contribution >= 0.6 is 0 Å². The number of hydrogen-bond donors (Lipinski definition) is 1.